The molecule has 2 atom stereocenters. The van der Waals surface area contributed by atoms with Gasteiger partial charge in [0.1, 0.15) is 6.54 Å². The summed E-state index contributed by atoms with van der Waals surface area (Å²) in [7, 11) is 0. The lowest BCUT2D eigenvalue weighted by Gasteiger charge is -2.51. The first-order valence-electron chi connectivity index (χ1n) is 14.1. The average molecular weight is 614 g/mol. The van der Waals surface area contributed by atoms with Gasteiger partial charge in [-0.2, -0.15) is 0 Å². The molecular weight excluding hydrogens is 588 g/mol. The number of carbonyl (C=O) groups is 3. The van der Waals surface area contributed by atoms with E-state index in [1.54, 1.807) is 4.90 Å². The molecule has 42 heavy (non-hydrogen) atoms. The third kappa shape index (κ3) is 3.39. The van der Waals surface area contributed by atoms with Gasteiger partial charge in [-0.15, -0.1) is 0 Å². The first kappa shape index (κ1) is 25.2. The van der Waals surface area contributed by atoms with Crippen LogP contribution in [0.15, 0.2) is 121 Å². The molecule has 5 aromatic carbocycles. The molecule has 1 fully saturated rings. The minimum atomic E-state index is -0.846. The molecule has 3 amide bonds. The van der Waals surface area contributed by atoms with Crippen LogP contribution in [0.3, 0.4) is 0 Å². The monoisotopic (exact) mass is 612 g/mol. The molecule has 0 radical (unpaired) electrons. The van der Waals surface area contributed by atoms with Gasteiger partial charge < -0.3 is 0 Å². The lowest BCUT2D eigenvalue weighted by atomic mass is 9.55. The minimum Gasteiger partial charge on any atom is -0.280 e. The van der Waals surface area contributed by atoms with Crippen molar-refractivity contribution < 1.29 is 14.4 Å². The third-order valence-electron chi connectivity index (χ3n) is 9.15. The highest BCUT2D eigenvalue weighted by atomic mass is 79.9. The Morgan fingerprint density at radius 1 is 0.690 bits per heavy atom. The third-order valence-corrected chi connectivity index (χ3v) is 10.5. The average Bonchev–Trinajstić information content (AvgIpc) is 3.28. The van der Waals surface area contributed by atoms with Crippen molar-refractivity contribution in [2.45, 2.75) is 10.2 Å². The first-order chi connectivity index (χ1) is 20.5. The number of hydrogen-bond acceptors (Lipinski definition) is 3. The van der Waals surface area contributed by atoms with Crippen molar-refractivity contribution >= 4 is 55.8 Å². The van der Waals surface area contributed by atoms with Gasteiger partial charge in [0.25, 0.3) is 5.91 Å². The summed E-state index contributed by atoms with van der Waals surface area (Å²) in [6.45, 7) is -0.338. The number of carbonyl (C=O) groups excluding carboxylic acids is 3. The molecule has 0 N–H and O–H groups in total. The maximum Gasteiger partial charge on any atom is 0.251 e. The Hall–Kier alpha value is -4.55. The Kier molecular flexibility index (Phi) is 5.53. The van der Waals surface area contributed by atoms with Crippen molar-refractivity contribution in [2.75, 3.05) is 11.4 Å². The van der Waals surface area contributed by atoms with Crippen molar-refractivity contribution in [3.05, 3.63) is 144 Å². The number of hydrogen-bond donors (Lipinski definition) is 0. The SMILES string of the molecule is O=C1[C@H]2C3c4ccccc4C(Br)(c4ccccc43)[C@H]2C(=O)N1CC(=O)N(c1ccccc1)c1ccc2ccccc2c1. The van der Waals surface area contributed by atoms with Crippen LogP contribution in [0.25, 0.3) is 10.8 Å². The molecule has 1 aliphatic heterocycles. The number of amides is 3. The van der Waals surface area contributed by atoms with Gasteiger partial charge in [0.15, 0.2) is 0 Å². The van der Waals surface area contributed by atoms with E-state index in [2.05, 4.69) is 28.1 Å². The second-order valence-corrected chi connectivity index (χ2v) is 12.5. The smallest absolute Gasteiger partial charge is 0.251 e. The van der Waals surface area contributed by atoms with Crippen molar-refractivity contribution in [1.82, 2.24) is 4.90 Å². The molecule has 0 aromatic heterocycles. The molecule has 6 heteroatoms. The van der Waals surface area contributed by atoms with E-state index in [1.165, 1.54) is 4.90 Å². The molecule has 1 saturated heterocycles. The molecule has 204 valence electrons. The van der Waals surface area contributed by atoms with Crippen molar-refractivity contribution in [3.8, 4) is 0 Å². The standard InChI is InChI=1S/C36H25BrN2O3/c37-36-28-16-8-6-14-26(28)31(27-15-7-9-17-29(27)36)32-33(36)35(42)38(34(32)41)21-30(40)39(24-12-2-1-3-13-24)25-19-18-22-10-4-5-11-23(22)20-25/h1-20,31-33H,21H2/t31?,32-,33+,36?/m0/s1. The van der Waals surface area contributed by atoms with Gasteiger partial charge in [-0.05, 0) is 57.3 Å². The number of halogens is 1. The van der Waals surface area contributed by atoms with Gasteiger partial charge in [-0.3, -0.25) is 24.2 Å². The first-order valence-corrected chi connectivity index (χ1v) is 14.9. The van der Waals surface area contributed by atoms with Crippen molar-refractivity contribution in [1.29, 1.82) is 0 Å². The van der Waals surface area contributed by atoms with Crippen molar-refractivity contribution in [3.63, 3.8) is 0 Å². The van der Waals surface area contributed by atoms with Gasteiger partial charge in [0.2, 0.25) is 11.8 Å². The van der Waals surface area contributed by atoms with Crippen LogP contribution in [-0.2, 0) is 18.7 Å². The van der Waals surface area contributed by atoms with Crippen LogP contribution in [-0.4, -0.2) is 29.2 Å². The quantitative estimate of drug-likeness (QED) is 0.164. The van der Waals surface area contributed by atoms with Gasteiger partial charge in [-0.1, -0.05) is 113 Å². The fourth-order valence-electron chi connectivity index (χ4n) is 7.43. The number of anilines is 2. The Morgan fingerprint density at radius 3 is 1.98 bits per heavy atom. The zero-order valence-corrected chi connectivity index (χ0v) is 24.1. The highest BCUT2D eigenvalue weighted by Crippen LogP contribution is 2.66. The largest absolute Gasteiger partial charge is 0.280 e. The van der Waals surface area contributed by atoms with Crippen LogP contribution in [0.4, 0.5) is 11.4 Å². The highest BCUT2D eigenvalue weighted by molar-refractivity contribution is 9.09. The lowest BCUT2D eigenvalue weighted by molar-refractivity contribution is -0.143. The summed E-state index contributed by atoms with van der Waals surface area (Å²) in [5, 5.41) is 2.06. The maximum atomic E-state index is 14.3. The molecule has 0 spiro atoms. The van der Waals surface area contributed by atoms with Gasteiger partial charge in [0, 0.05) is 17.3 Å². The number of alkyl halides is 1. The van der Waals surface area contributed by atoms with Gasteiger partial charge in [-0.25, -0.2) is 0 Å². The summed E-state index contributed by atoms with van der Waals surface area (Å²) in [6.07, 6.45) is 0. The van der Waals surface area contributed by atoms with E-state index in [4.69, 9.17) is 0 Å². The summed E-state index contributed by atoms with van der Waals surface area (Å²) in [5.74, 6) is -2.41. The molecule has 0 unspecified atom stereocenters. The predicted molar refractivity (Wildman–Crippen MR) is 166 cm³/mol. The number of rotatable bonds is 4. The van der Waals surface area contributed by atoms with Gasteiger partial charge in [0.05, 0.1) is 16.2 Å². The summed E-state index contributed by atoms with van der Waals surface area (Å²) >= 11 is 4.03. The number of imide groups is 1. The Labute approximate surface area is 251 Å². The number of para-hydroxylation sites is 1. The normalized spacial score (nSPS) is 23.5. The maximum absolute atomic E-state index is 14.3. The molecule has 9 rings (SSSR count). The highest BCUT2D eigenvalue weighted by Gasteiger charge is 2.67. The van der Waals surface area contributed by atoms with Crippen LogP contribution in [0.5, 0.6) is 0 Å². The Morgan fingerprint density at radius 2 is 1.29 bits per heavy atom. The molecule has 5 aromatic rings. The number of benzene rings is 5. The van der Waals surface area contributed by atoms with E-state index in [-0.39, 0.29) is 30.2 Å². The molecular formula is C36H25BrN2O3. The van der Waals surface area contributed by atoms with E-state index < -0.39 is 16.2 Å². The van der Waals surface area contributed by atoms with Crippen LogP contribution in [0.2, 0.25) is 0 Å². The summed E-state index contributed by atoms with van der Waals surface area (Å²) in [4.78, 5) is 45.5. The Balaban J connectivity index is 1.20. The summed E-state index contributed by atoms with van der Waals surface area (Å²) < 4.78 is -0.846. The van der Waals surface area contributed by atoms with E-state index in [0.717, 1.165) is 33.0 Å². The molecule has 0 saturated carbocycles. The van der Waals surface area contributed by atoms with E-state index in [1.807, 2.05) is 109 Å². The fraction of sp³-hybridized carbons (Fsp3) is 0.139. The summed E-state index contributed by atoms with van der Waals surface area (Å²) in [5.41, 5.74) is 5.51. The van der Waals surface area contributed by atoms with Crippen LogP contribution in [0.1, 0.15) is 28.2 Å². The number of likely N-dealkylation sites (tertiary alicyclic amines) is 1. The number of fused-ring (bicyclic) bond motifs is 1. The van der Waals surface area contributed by atoms with E-state index in [0.29, 0.717) is 11.4 Å². The zero-order chi connectivity index (χ0) is 28.6. The topological polar surface area (TPSA) is 57.7 Å². The van der Waals surface area contributed by atoms with Crippen LogP contribution >= 0.6 is 15.9 Å². The molecule has 4 aliphatic rings. The summed E-state index contributed by atoms with van der Waals surface area (Å²) in [6, 6.07) is 39.3. The molecule has 3 aliphatic carbocycles. The number of nitrogens with zero attached hydrogens (tertiary/aromatic N) is 2. The van der Waals surface area contributed by atoms with Crippen molar-refractivity contribution in [2.24, 2.45) is 11.8 Å². The Bertz CT molecular complexity index is 1890. The van der Waals surface area contributed by atoms with Crippen LogP contribution < -0.4 is 4.90 Å². The minimum absolute atomic E-state index is 0.246. The second kappa shape index (κ2) is 9.23. The van der Waals surface area contributed by atoms with E-state index in [9.17, 15) is 14.4 Å². The predicted octanol–water partition coefficient (Wildman–Crippen LogP) is 6.90. The molecule has 2 bridgehead atoms. The fourth-order valence-corrected chi connectivity index (χ4v) is 8.63. The van der Waals surface area contributed by atoms with E-state index >= 15 is 0 Å². The second-order valence-electron chi connectivity index (χ2n) is 11.2. The lowest BCUT2D eigenvalue weighted by Crippen LogP contribution is -2.50. The van der Waals surface area contributed by atoms with Gasteiger partial charge >= 0.3 is 0 Å². The molecule has 5 nitrogen and oxygen atoms in total. The van der Waals surface area contributed by atoms with Crippen LogP contribution in [0, 0.1) is 11.8 Å². The zero-order valence-electron chi connectivity index (χ0n) is 22.5. The molecule has 1 heterocycles.